The number of hydrogen-bond donors (Lipinski definition) is 1. The molecule has 0 bridgehead atoms. The van der Waals surface area contributed by atoms with Gasteiger partial charge in [0, 0.05) is 29.3 Å². The van der Waals surface area contributed by atoms with Gasteiger partial charge in [0.05, 0.1) is 18.2 Å². The Morgan fingerprint density at radius 1 is 1.22 bits per heavy atom. The first-order chi connectivity index (χ1) is 15.5. The van der Waals surface area contributed by atoms with Crippen molar-refractivity contribution in [1.29, 1.82) is 0 Å². The topological polar surface area (TPSA) is 63.7 Å². The van der Waals surface area contributed by atoms with Crippen LogP contribution in [-0.2, 0) is 5.54 Å². The van der Waals surface area contributed by atoms with Crippen LogP contribution in [0.1, 0.15) is 40.7 Å². The van der Waals surface area contributed by atoms with Gasteiger partial charge in [0.25, 0.3) is 5.91 Å². The van der Waals surface area contributed by atoms with Crippen molar-refractivity contribution in [3.63, 3.8) is 0 Å². The Hall–Kier alpha value is -3.12. The number of carbonyl (C=O) groups excluding carboxylic acids is 1. The molecular formula is C26H29N3O3. The van der Waals surface area contributed by atoms with Crippen LogP contribution in [0.4, 0.5) is 0 Å². The van der Waals surface area contributed by atoms with Crippen LogP contribution < -0.4 is 14.8 Å². The van der Waals surface area contributed by atoms with Crippen molar-refractivity contribution < 1.29 is 14.3 Å². The number of ether oxygens (including phenoxy) is 2. The zero-order chi connectivity index (χ0) is 22.3. The zero-order valence-corrected chi connectivity index (χ0v) is 18.9. The molecule has 1 amide bonds. The van der Waals surface area contributed by atoms with E-state index in [1.807, 2.05) is 43.3 Å². The highest BCUT2D eigenvalue weighted by atomic mass is 16.5. The monoisotopic (exact) mass is 431 g/mol. The Bertz CT molecular complexity index is 1170. The van der Waals surface area contributed by atoms with Gasteiger partial charge in [0.15, 0.2) is 0 Å². The molecule has 1 aliphatic carbocycles. The number of benzene rings is 2. The Morgan fingerprint density at radius 3 is 2.75 bits per heavy atom. The van der Waals surface area contributed by atoms with E-state index in [1.165, 1.54) is 0 Å². The Morgan fingerprint density at radius 2 is 2.06 bits per heavy atom. The maximum atomic E-state index is 13.4. The number of likely N-dealkylation sites (tertiary alicyclic amines) is 1. The van der Waals surface area contributed by atoms with Gasteiger partial charge in [0.2, 0.25) is 0 Å². The first-order valence-corrected chi connectivity index (χ1v) is 11.2. The molecule has 0 radical (unpaired) electrons. The molecular weight excluding hydrogens is 402 g/mol. The van der Waals surface area contributed by atoms with E-state index in [0.29, 0.717) is 18.2 Å². The molecule has 1 atom stereocenters. The number of likely N-dealkylation sites (N-methyl/N-ethyl adjacent to an activating group) is 1. The zero-order valence-electron chi connectivity index (χ0n) is 18.9. The quantitative estimate of drug-likeness (QED) is 0.611. The van der Waals surface area contributed by atoms with E-state index in [4.69, 9.17) is 9.47 Å². The molecule has 2 aliphatic rings. The van der Waals surface area contributed by atoms with Crippen LogP contribution in [-0.4, -0.2) is 49.1 Å². The summed E-state index contributed by atoms with van der Waals surface area (Å²) in [6.07, 6.45) is 4.71. The third kappa shape index (κ3) is 3.79. The van der Waals surface area contributed by atoms with Crippen LogP contribution in [0.3, 0.4) is 0 Å². The van der Waals surface area contributed by atoms with Gasteiger partial charge < -0.3 is 14.8 Å². The van der Waals surface area contributed by atoms with Crippen LogP contribution in [0.2, 0.25) is 0 Å². The number of fused-ring (bicyclic) bond motifs is 1. The van der Waals surface area contributed by atoms with E-state index >= 15 is 0 Å². The molecule has 2 fully saturated rings. The Kier molecular flexibility index (Phi) is 5.25. The number of carbonyl (C=O) groups is 1. The lowest BCUT2D eigenvalue weighted by molar-refractivity contribution is 0.0767. The molecule has 2 heterocycles. The maximum Gasteiger partial charge on any atom is 0.252 e. The number of nitrogens with one attached hydrogen (secondary N) is 1. The molecule has 1 saturated carbocycles. The molecule has 2 aromatic carbocycles. The van der Waals surface area contributed by atoms with Crippen LogP contribution in [0.15, 0.2) is 48.7 Å². The predicted octanol–water partition coefficient (Wildman–Crippen LogP) is 4.05. The molecule has 3 aromatic rings. The van der Waals surface area contributed by atoms with Gasteiger partial charge in [-0.2, -0.15) is 0 Å². The second-order valence-corrected chi connectivity index (χ2v) is 8.99. The van der Waals surface area contributed by atoms with Gasteiger partial charge >= 0.3 is 0 Å². The summed E-state index contributed by atoms with van der Waals surface area (Å²) in [7, 11) is 3.76. The molecule has 1 aromatic heterocycles. The molecule has 1 unspecified atom stereocenters. The van der Waals surface area contributed by atoms with Crippen molar-refractivity contribution in [3.8, 4) is 11.5 Å². The average Bonchev–Trinajstić information content (AvgIpc) is 3.58. The largest absolute Gasteiger partial charge is 0.497 e. The van der Waals surface area contributed by atoms with Crippen molar-refractivity contribution in [2.45, 2.75) is 37.8 Å². The lowest BCUT2D eigenvalue weighted by Crippen LogP contribution is -2.48. The van der Waals surface area contributed by atoms with Gasteiger partial charge in [-0.05, 0) is 75.2 Å². The van der Waals surface area contributed by atoms with E-state index in [2.05, 4.69) is 28.3 Å². The SMILES string of the molecule is COc1cc(C2(NC(=O)c3cc(OCC4CCN4C)ccc3C)CC2)c2cccnc2c1. The highest BCUT2D eigenvalue weighted by Crippen LogP contribution is 2.49. The second-order valence-electron chi connectivity index (χ2n) is 8.99. The number of amides is 1. The summed E-state index contributed by atoms with van der Waals surface area (Å²) in [4.78, 5) is 20.2. The minimum absolute atomic E-state index is 0.0777. The number of rotatable bonds is 7. The highest BCUT2D eigenvalue weighted by Gasteiger charge is 2.47. The summed E-state index contributed by atoms with van der Waals surface area (Å²) in [6, 6.07) is 14.2. The van der Waals surface area contributed by atoms with Crippen LogP contribution >= 0.6 is 0 Å². The number of aryl methyl sites for hydroxylation is 1. The Balaban J connectivity index is 1.39. The average molecular weight is 432 g/mol. The fourth-order valence-electron chi connectivity index (χ4n) is 4.45. The first-order valence-electron chi connectivity index (χ1n) is 11.2. The molecule has 5 rings (SSSR count). The second kappa shape index (κ2) is 8.10. The smallest absolute Gasteiger partial charge is 0.252 e. The number of pyridine rings is 1. The molecule has 1 saturated heterocycles. The van der Waals surface area contributed by atoms with Crippen molar-refractivity contribution in [2.75, 3.05) is 27.3 Å². The van der Waals surface area contributed by atoms with Crippen molar-refractivity contribution in [3.05, 3.63) is 65.4 Å². The third-order valence-corrected chi connectivity index (χ3v) is 6.88. The standard InChI is InChI=1S/C26H29N3O3/c1-17-6-7-19(32-16-18-8-12-29(18)2)13-22(17)25(30)28-26(9-10-26)23-14-20(31-3)15-24-21(23)5-4-11-27-24/h4-7,11,13-15,18H,8-10,12,16H2,1-3H3,(H,28,30). The van der Waals surface area contributed by atoms with Gasteiger partial charge in [-0.25, -0.2) is 0 Å². The molecule has 1 N–H and O–H groups in total. The summed E-state index contributed by atoms with van der Waals surface area (Å²) in [5.41, 5.74) is 3.12. The first kappa shape index (κ1) is 20.8. The third-order valence-electron chi connectivity index (χ3n) is 6.88. The molecule has 32 heavy (non-hydrogen) atoms. The van der Waals surface area contributed by atoms with E-state index in [1.54, 1.807) is 13.3 Å². The van der Waals surface area contributed by atoms with E-state index in [-0.39, 0.29) is 5.91 Å². The maximum absolute atomic E-state index is 13.4. The van der Waals surface area contributed by atoms with Crippen LogP contribution in [0.25, 0.3) is 10.9 Å². The lowest BCUT2D eigenvalue weighted by atomic mass is 9.97. The molecule has 6 nitrogen and oxygen atoms in total. The fraction of sp³-hybridized carbons (Fsp3) is 0.385. The van der Waals surface area contributed by atoms with Crippen molar-refractivity contribution >= 4 is 16.8 Å². The highest BCUT2D eigenvalue weighted by molar-refractivity contribution is 5.97. The predicted molar refractivity (Wildman–Crippen MR) is 124 cm³/mol. The van der Waals surface area contributed by atoms with Gasteiger partial charge in [-0.15, -0.1) is 0 Å². The van der Waals surface area contributed by atoms with Crippen LogP contribution in [0.5, 0.6) is 11.5 Å². The normalized spacial score (nSPS) is 19.3. The molecule has 1 aliphatic heterocycles. The summed E-state index contributed by atoms with van der Waals surface area (Å²) >= 11 is 0. The number of aromatic nitrogens is 1. The number of nitrogens with zero attached hydrogens (tertiary/aromatic N) is 2. The molecule has 0 spiro atoms. The van der Waals surface area contributed by atoms with Gasteiger partial charge in [0.1, 0.15) is 18.1 Å². The van der Waals surface area contributed by atoms with Crippen molar-refractivity contribution in [2.24, 2.45) is 0 Å². The summed E-state index contributed by atoms with van der Waals surface area (Å²) < 4.78 is 11.5. The molecule has 166 valence electrons. The summed E-state index contributed by atoms with van der Waals surface area (Å²) in [5, 5.41) is 4.37. The summed E-state index contributed by atoms with van der Waals surface area (Å²) in [6.45, 7) is 3.72. The lowest BCUT2D eigenvalue weighted by Gasteiger charge is -2.37. The molecule has 6 heteroatoms. The van der Waals surface area contributed by atoms with E-state index in [0.717, 1.165) is 59.3 Å². The van der Waals surface area contributed by atoms with Gasteiger partial charge in [-0.3, -0.25) is 14.7 Å². The number of hydrogen-bond acceptors (Lipinski definition) is 5. The van der Waals surface area contributed by atoms with E-state index < -0.39 is 5.54 Å². The minimum atomic E-state index is -0.398. The fourth-order valence-corrected chi connectivity index (χ4v) is 4.45. The van der Waals surface area contributed by atoms with Crippen LogP contribution in [0, 0.1) is 6.92 Å². The summed E-state index contributed by atoms with van der Waals surface area (Å²) in [5.74, 6) is 1.41. The van der Waals surface area contributed by atoms with Gasteiger partial charge in [-0.1, -0.05) is 12.1 Å². The van der Waals surface area contributed by atoms with Crippen molar-refractivity contribution in [1.82, 2.24) is 15.2 Å². The minimum Gasteiger partial charge on any atom is -0.497 e. The van der Waals surface area contributed by atoms with E-state index in [9.17, 15) is 4.79 Å². The number of methoxy groups -OCH3 is 1. The Labute approximate surface area is 188 Å².